The van der Waals surface area contributed by atoms with E-state index in [2.05, 4.69) is 15.0 Å². The lowest BCUT2D eigenvalue weighted by Gasteiger charge is -2.42. The molecule has 156 valence electrons. The lowest BCUT2D eigenvalue weighted by Crippen LogP contribution is -2.51. The first-order chi connectivity index (χ1) is 14.0. The van der Waals surface area contributed by atoms with Crippen molar-refractivity contribution in [3.63, 3.8) is 0 Å². The molecule has 0 saturated carbocycles. The first kappa shape index (κ1) is 19.8. The summed E-state index contributed by atoms with van der Waals surface area (Å²) in [6.07, 6.45) is 6.62. The van der Waals surface area contributed by atoms with Crippen LogP contribution < -0.4 is 4.74 Å². The third kappa shape index (κ3) is 3.86. The standard InChI is InChI=1S/C21H29N5O3/c1-24(2)13-18-19(15-11-22-25(3)12-15)26(8-9-29-18)21(27)16-10-14-6-5-7-17(14)23-20(16)28-4/h10-12,18-19H,5-9,13H2,1-4H3/t18-,19-/m0/s1. The van der Waals surface area contributed by atoms with Crippen LogP contribution in [0.25, 0.3) is 0 Å². The predicted octanol–water partition coefficient (Wildman–Crippen LogP) is 1.46. The Morgan fingerprint density at radius 2 is 2.21 bits per heavy atom. The summed E-state index contributed by atoms with van der Waals surface area (Å²) in [5.74, 6) is 0.348. The van der Waals surface area contributed by atoms with Crippen LogP contribution >= 0.6 is 0 Å². The molecule has 3 heterocycles. The van der Waals surface area contributed by atoms with E-state index in [1.54, 1.807) is 11.8 Å². The van der Waals surface area contributed by atoms with E-state index in [0.29, 0.717) is 31.1 Å². The molecule has 8 heteroatoms. The fourth-order valence-electron chi connectivity index (χ4n) is 4.38. The molecular weight excluding hydrogens is 370 g/mol. The number of ether oxygens (including phenoxy) is 2. The molecule has 0 spiro atoms. The summed E-state index contributed by atoms with van der Waals surface area (Å²) >= 11 is 0. The van der Waals surface area contributed by atoms with Gasteiger partial charge in [0.1, 0.15) is 5.56 Å². The third-order valence-electron chi connectivity index (χ3n) is 5.66. The van der Waals surface area contributed by atoms with Crippen molar-refractivity contribution in [1.82, 2.24) is 24.6 Å². The van der Waals surface area contributed by atoms with Crippen LogP contribution in [0.4, 0.5) is 0 Å². The maximum absolute atomic E-state index is 13.7. The number of pyridine rings is 1. The van der Waals surface area contributed by atoms with Crippen LogP contribution in [0.15, 0.2) is 18.5 Å². The Morgan fingerprint density at radius 3 is 2.90 bits per heavy atom. The summed E-state index contributed by atoms with van der Waals surface area (Å²) < 4.78 is 13.4. The summed E-state index contributed by atoms with van der Waals surface area (Å²) in [6, 6.07) is 1.76. The summed E-state index contributed by atoms with van der Waals surface area (Å²) in [5, 5.41) is 4.33. The molecule has 2 aromatic rings. The van der Waals surface area contributed by atoms with Gasteiger partial charge in [-0.3, -0.25) is 9.48 Å². The number of nitrogens with zero attached hydrogens (tertiary/aromatic N) is 5. The average molecular weight is 399 g/mol. The van der Waals surface area contributed by atoms with E-state index >= 15 is 0 Å². The van der Waals surface area contributed by atoms with Gasteiger partial charge in [0.15, 0.2) is 0 Å². The molecule has 1 saturated heterocycles. The molecule has 2 atom stereocenters. The van der Waals surface area contributed by atoms with Crippen LogP contribution in [0.3, 0.4) is 0 Å². The number of morpholine rings is 1. The highest BCUT2D eigenvalue weighted by atomic mass is 16.5. The molecule has 29 heavy (non-hydrogen) atoms. The number of carbonyl (C=O) groups is 1. The zero-order valence-electron chi connectivity index (χ0n) is 17.6. The number of carbonyl (C=O) groups excluding carboxylic acids is 1. The fourth-order valence-corrected chi connectivity index (χ4v) is 4.38. The van der Waals surface area contributed by atoms with E-state index in [1.807, 2.05) is 44.5 Å². The van der Waals surface area contributed by atoms with E-state index in [9.17, 15) is 4.79 Å². The zero-order chi connectivity index (χ0) is 20.5. The van der Waals surface area contributed by atoms with Gasteiger partial charge in [0.2, 0.25) is 5.88 Å². The first-order valence-corrected chi connectivity index (χ1v) is 10.1. The summed E-state index contributed by atoms with van der Waals surface area (Å²) in [5.41, 5.74) is 3.72. The topological polar surface area (TPSA) is 72.7 Å². The van der Waals surface area contributed by atoms with E-state index in [-0.39, 0.29) is 18.1 Å². The highest BCUT2D eigenvalue weighted by molar-refractivity contribution is 5.97. The maximum atomic E-state index is 13.7. The molecule has 2 aliphatic rings. The quantitative estimate of drug-likeness (QED) is 0.758. The molecule has 0 N–H and O–H groups in total. The molecule has 0 aromatic carbocycles. The molecule has 0 unspecified atom stereocenters. The number of hydrogen-bond donors (Lipinski definition) is 0. The fraction of sp³-hybridized carbons (Fsp3) is 0.571. The van der Waals surface area contributed by atoms with Gasteiger partial charge in [-0.1, -0.05) is 0 Å². The molecule has 2 aromatic heterocycles. The Balaban J connectivity index is 1.72. The van der Waals surface area contributed by atoms with Gasteiger partial charge in [0.05, 0.1) is 32.1 Å². The SMILES string of the molecule is COc1nc2c(cc1C(=O)N1CCO[C@@H](CN(C)C)[C@@H]1c1cnn(C)c1)CCC2. The molecule has 1 fully saturated rings. The van der Waals surface area contributed by atoms with Crippen LogP contribution in [-0.4, -0.2) is 77.5 Å². The summed E-state index contributed by atoms with van der Waals surface area (Å²) in [7, 11) is 7.48. The molecule has 4 rings (SSSR count). The zero-order valence-corrected chi connectivity index (χ0v) is 17.6. The smallest absolute Gasteiger partial charge is 0.260 e. The van der Waals surface area contributed by atoms with Crippen molar-refractivity contribution >= 4 is 5.91 Å². The van der Waals surface area contributed by atoms with Crippen molar-refractivity contribution in [3.05, 3.63) is 40.8 Å². The van der Waals surface area contributed by atoms with Crippen molar-refractivity contribution < 1.29 is 14.3 Å². The maximum Gasteiger partial charge on any atom is 0.260 e. The summed E-state index contributed by atoms with van der Waals surface area (Å²) in [6.45, 7) is 1.73. The predicted molar refractivity (Wildman–Crippen MR) is 108 cm³/mol. The Morgan fingerprint density at radius 1 is 1.38 bits per heavy atom. The highest BCUT2D eigenvalue weighted by Crippen LogP contribution is 2.34. The first-order valence-electron chi connectivity index (χ1n) is 10.1. The number of amides is 1. The Labute approximate surface area is 171 Å². The van der Waals surface area contributed by atoms with Crippen molar-refractivity contribution in [2.24, 2.45) is 7.05 Å². The van der Waals surface area contributed by atoms with Crippen molar-refractivity contribution in [3.8, 4) is 5.88 Å². The number of hydrogen-bond acceptors (Lipinski definition) is 6. The van der Waals surface area contributed by atoms with Gasteiger partial charge in [0.25, 0.3) is 5.91 Å². The van der Waals surface area contributed by atoms with Crippen LogP contribution in [0.1, 0.15) is 39.6 Å². The lowest BCUT2D eigenvalue weighted by molar-refractivity contribution is -0.0685. The molecule has 1 amide bonds. The van der Waals surface area contributed by atoms with E-state index in [1.165, 1.54) is 0 Å². The van der Waals surface area contributed by atoms with Gasteiger partial charge in [-0.05, 0) is 45.0 Å². The molecular formula is C21H29N5O3. The van der Waals surface area contributed by atoms with E-state index < -0.39 is 0 Å². The van der Waals surface area contributed by atoms with Crippen LogP contribution in [0.2, 0.25) is 0 Å². The average Bonchev–Trinajstić information content (AvgIpc) is 3.33. The van der Waals surface area contributed by atoms with Crippen LogP contribution in [-0.2, 0) is 24.6 Å². The second-order valence-electron chi connectivity index (χ2n) is 8.07. The Hall–Kier alpha value is -2.45. The van der Waals surface area contributed by atoms with Crippen LogP contribution in [0.5, 0.6) is 5.88 Å². The number of aryl methyl sites for hydroxylation is 3. The highest BCUT2D eigenvalue weighted by Gasteiger charge is 2.39. The van der Waals surface area contributed by atoms with Gasteiger partial charge in [-0.25, -0.2) is 4.98 Å². The van der Waals surface area contributed by atoms with Crippen molar-refractivity contribution in [2.45, 2.75) is 31.4 Å². The van der Waals surface area contributed by atoms with Gasteiger partial charge >= 0.3 is 0 Å². The van der Waals surface area contributed by atoms with Crippen LogP contribution in [0, 0.1) is 0 Å². The molecule has 0 radical (unpaired) electrons. The van der Waals surface area contributed by atoms with Gasteiger partial charge in [-0.2, -0.15) is 5.10 Å². The Bertz CT molecular complexity index is 894. The number of rotatable bonds is 5. The normalized spacial score (nSPS) is 21.5. The monoisotopic (exact) mass is 399 g/mol. The minimum atomic E-state index is -0.217. The van der Waals surface area contributed by atoms with Gasteiger partial charge in [0, 0.05) is 37.6 Å². The third-order valence-corrected chi connectivity index (χ3v) is 5.66. The van der Waals surface area contributed by atoms with Gasteiger partial charge in [-0.15, -0.1) is 0 Å². The number of likely N-dealkylation sites (N-methyl/N-ethyl adjacent to an activating group) is 1. The Kier molecular flexibility index (Phi) is 5.56. The molecule has 1 aliphatic carbocycles. The second-order valence-corrected chi connectivity index (χ2v) is 8.07. The second kappa shape index (κ2) is 8.12. The van der Waals surface area contributed by atoms with Crippen molar-refractivity contribution in [2.75, 3.05) is 40.9 Å². The largest absolute Gasteiger partial charge is 0.480 e. The van der Waals surface area contributed by atoms with Gasteiger partial charge < -0.3 is 19.3 Å². The number of fused-ring (bicyclic) bond motifs is 1. The number of methoxy groups -OCH3 is 1. The minimum Gasteiger partial charge on any atom is -0.480 e. The summed E-state index contributed by atoms with van der Waals surface area (Å²) in [4.78, 5) is 22.3. The molecule has 8 nitrogen and oxygen atoms in total. The van der Waals surface area contributed by atoms with E-state index in [0.717, 1.165) is 36.1 Å². The number of aromatic nitrogens is 3. The minimum absolute atomic E-state index is 0.0649. The lowest BCUT2D eigenvalue weighted by atomic mass is 9.99. The van der Waals surface area contributed by atoms with Crippen molar-refractivity contribution in [1.29, 1.82) is 0 Å². The molecule has 1 aliphatic heterocycles. The van der Waals surface area contributed by atoms with E-state index in [4.69, 9.17) is 9.47 Å². The molecule has 0 bridgehead atoms.